The number of halogens is 1. The second kappa shape index (κ2) is 8.15. The molecular weight excluding hydrogens is 391 g/mol. The smallest absolute Gasteiger partial charge is 0.191 e. The maximum Gasteiger partial charge on any atom is 0.191 e. The van der Waals surface area contributed by atoms with E-state index < -0.39 is 0 Å². The van der Waals surface area contributed by atoms with E-state index in [1.165, 1.54) is 25.7 Å². The highest BCUT2D eigenvalue weighted by atomic mass is 127. The Hall–Kier alpha value is -0.0800. The van der Waals surface area contributed by atoms with Crippen molar-refractivity contribution in [3.05, 3.63) is 0 Å². The lowest BCUT2D eigenvalue weighted by Crippen LogP contribution is -2.49. The van der Waals surface area contributed by atoms with Crippen LogP contribution in [0, 0.1) is 0 Å². The van der Waals surface area contributed by atoms with Crippen LogP contribution < -0.4 is 10.6 Å². The third kappa shape index (κ3) is 4.47. The molecule has 3 rings (SSSR count). The van der Waals surface area contributed by atoms with Gasteiger partial charge in [0.25, 0.3) is 0 Å². The highest BCUT2D eigenvalue weighted by Gasteiger charge is 2.41. The van der Waals surface area contributed by atoms with Gasteiger partial charge in [-0.05, 0) is 46.0 Å². The third-order valence-corrected chi connectivity index (χ3v) is 4.99. The molecule has 0 radical (unpaired) electrons. The molecule has 0 aromatic carbocycles. The molecule has 2 aliphatic heterocycles. The molecular formula is C16H31IN4O. The van der Waals surface area contributed by atoms with Crippen LogP contribution in [0.5, 0.6) is 0 Å². The summed E-state index contributed by atoms with van der Waals surface area (Å²) in [7, 11) is 1.85. The van der Waals surface area contributed by atoms with Crippen LogP contribution >= 0.6 is 24.0 Å². The minimum atomic E-state index is 0. The molecule has 6 heteroatoms. The zero-order valence-electron chi connectivity index (χ0n) is 14.0. The maximum atomic E-state index is 5.89. The molecule has 2 N–H and O–H groups in total. The average Bonchev–Trinajstić information content (AvgIpc) is 3.08. The van der Waals surface area contributed by atoms with Crippen molar-refractivity contribution in [3.63, 3.8) is 0 Å². The number of aliphatic imine (C=N–C) groups is 1. The van der Waals surface area contributed by atoms with Crippen molar-refractivity contribution in [3.8, 4) is 0 Å². The third-order valence-electron chi connectivity index (χ3n) is 4.99. The van der Waals surface area contributed by atoms with Crippen molar-refractivity contribution in [2.45, 2.75) is 76.3 Å². The first-order valence-electron chi connectivity index (χ1n) is 8.55. The Morgan fingerprint density at radius 3 is 2.55 bits per heavy atom. The Labute approximate surface area is 151 Å². The monoisotopic (exact) mass is 422 g/mol. The lowest BCUT2D eigenvalue weighted by molar-refractivity contribution is 0.0992. The van der Waals surface area contributed by atoms with Gasteiger partial charge in [0.2, 0.25) is 0 Å². The van der Waals surface area contributed by atoms with Gasteiger partial charge in [-0.15, -0.1) is 24.0 Å². The number of hydrogen-bond donors (Lipinski definition) is 2. The summed E-state index contributed by atoms with van der Waals surface area (Å²) in [6.45, 7) is 6.63. The maximum absolute atomic E-state index is 5.89. The predicted octanol–water partition coefficient (Wildman–Crippen LogP) is 1.96. The van der Waals surface area contributed by atoms with Crippen LogP contribution in [0.1, 0.15) is 46.0 Å². The number of fused-ring (bicyclic) bond motifs is 2. The molecule has 2 saturated heterocycles. The first kappa shape index (κ1) is 18.3. The van der Waals surface area contributed by atoms with Crippen LogP contribution in [0.3, 0.4) is 0 Å². The molecule has 3 fully saturated rings. The van der Waals surface area contributed by atoms with Crippen LogP contribution in [0.15, 0.2) is 4.99 Å². The van der Waals surface area contributed by atoms with E-state index in [1.54, 1.807) is 0 Å². The summed E-state index contributed by atoms with van der Waals surface area (Å²) in [5, 5.41) is 7.01. The van der Waals surface area contributed by atoms with Crippen molar-refractivity contribution >= 4 is 29.9 Å². The van der Waals surface area contributed by atoms with E-state index in [0.29, 0.717) is 24.3 Å². The molecule has 3 atom stereocenters. The summed E-state index contributed by atoms with van der Waals surface area (Å²) < 4.78 is 5.89. The Bertz CT molecular complexity index is 384. The minimum absolute atomic E-state index is 0. The van der Waals surface area contributed by atoms with Crippen molar-refractivity contribution < 1.29 is 4.74 Å². The normalized spacial score (nSPS) is 30.8. The van der Waals surface area contributed by atoms with E-state index in [9.17, 15) is 0 Å². The number of ether oxygens (including phenoxy) is 1. The Kier molecular flexibility index (Phi) is 6.76. The molecule has 22 heavy (non-hydrogen) atoms. The SMILES string of the molecule is CN=C(NCCN(C(C)C)C1CC1)NC1CC2CCC1O2.I. The van der Waals surface area contributed by atoms with Gasteiger partial charge in [-0.1, -0.05) is 0 Å². The molecule has 0 spiro atoms. The number of rotatable bonds is 6. The Morgan fingerprint density at radius 1 is 1.27 bits per heavy atom. The fourth-order valence-electron chi connectivity index (χ4n) is 3.73. The molecule has 1 saturated carbocycles. The molecule has 0 aromatic heterocycles. The molecule has 2 bridgehead atoms. The standard InChI is InChI=1S/C16H30N4O.HI/c1-11(2)20(12-4-5-12)9-8-18-16(17-3)19-14-10-13-6-7-15(14)21-13;/h11-15H,4-10H2,1-3H3,(H2,17,18,19);1H. The van der Waals surface area contributed by atoms with Crippen LogP contribution in [0.4, 0.5) is 0 Å². The van der Waals surface area contributed by atoms with Gasteiger partial charge < -0.3 is 15.4 Å². The van der Waals surface area contributed by atoms with Crippen molar-refractivity contribution in [2.75, 3.05) is 20.1 Å². The summed E-state index contributed by atoms with van der Waals surface area (Å²) in [6.07, 6.45) is 7.18. The summed E-state index contributed by atoms with van der Waals surface area (Å²) in [5.74, 6) is 0.927. The quantitative estimate of drug-likeness (QED) is 0.391. The van der Waals surface area contributed by atoms with Crippen LogP contribution in [0.2, 0.25) is 0 Å². The van der Waals surface area contributed by atoms with E-state index in [4.69, 9.17) is 4.74 Å². The largest absolute Gasteiger partial charge is 0.373 e. The fraction of sp³-hybridized carbons (Fsp3) is 0.938. The highest BCUT2D eigenvalue weighted by molar-refractivity contribution is 14.0. The van der Waals surface area contributed by atoms with E-state index in [0.717, 1.165) is 31.5 Å². The van der Waals surface area contributed by atoms with Gasteiger partial charge in [-0.25, -0.2) is 0 Å². The first-order valence-corrected chi connectivity index (χ1v) is 8.55. The summed E-state index contributed by atoms with van der Waals surface area (Å²) in [6, 6.07) is 1.90. The summed E-state index contributed by atoms with van der Waals surface area (Å²) >= 11 is 0. The van der Waals surface area contributed by atoms with E-state index >= 15 is 0 Å². The zero-order chi connectivity index (χ0) is 14.8. The second-order valence-electron chi connectivity index (χ2n) is 6.92. The topological polar surface area (TPSA) is 48.9 Å². The number of hydrogen-bond acceptors (Lipinski definition) is 3. The van der Waals surface area contributed by atoms with Gasteiger partial charge >= 0.3 is 0 Å². The molecule has 3 aliphatic rings. The first-order chi connectivity index (χ1) is 10.2. The lowest BCUT2D eigenvalue weighted by atomic mass is 9.96. The van der Waals surface area contributed by atoms with Crippen LogP contribution in [-0.4, -0.2) is 61.3 Å². The second-order valence-corrected chi connectivity index (χ2v) is 6.92. The number of guanidine groups is 1. The van der Waals surface area contributed by atoms with Crippen LogP contribution in [-0.2, 0) is 4.74 Å². The fourth-order valence-corrected chi connectivity index (χ4v) is 3.73. The van der Waals surface area contributed by atoms with Crippen molar-refractivity contribution in [2.24, 2.45) is 4.99 Å². The minimum Gasteiger partial charge on any atom is -0.373 e. The van der Waals surface area contributed by atoms with Gasteiger partial charge in [0, 0.05) is 32.2 Å². The van der Waals surface area contributed by atoms with Gasteiger partial charge in [0.1, 0.15) is 0 Å². The highest BCUT2D eigenvalue weighted by Crippen LogP contribution is 2.34. The van der Waals surface area contributed by atoms with Gasteiger partial charge in [0.15, 0.2) is 5.96 Å². The molecule has 2 heterocycles. The van der Waals surface area contributed by atoms with Crippen molar-refractivity contribution in [1.29, 1.82) is 0 Å². The number of nitrogens with one attached hydrogen (secondary N) is 2. The molecule has 128 valence electrons. The van der Waals surface area contributed by atoms with Gasteiger partial charge in [-0.3, -0.25) is 9.89 Å². The summed E-state index contributed by atoms with van der Waals surface area (Å²) in [5.41, 5.74) is 0. The molecule has 0 aromatic rings. The molecule has 3 unspecified atom stereocenters. The van der Waals surface area contributed by atoms with E-state index in [-0.39, 0.29) is 24.0 Å². The summed E-state index contributed by atoms with van der Waals surface area (Å²) in [4.78, 5) is 6.96. The lowest BCUT2D eigenvalue weighted by Gasteiger charge is -2.27. The van der Waals surface area contributed by atoms with E-state index in [1.807, 2.05) is 7.05 Å². The molecule has 5 nitrogen and oxygen atoms in total. The average molecular weight is 422 g/mol. The zero-order valence-corrected chi connectivity index (χ0v) is 16.4. The van der Waals surface area contributed by atoms with Crippen molar-refractivity contribution in [1.82, 2.24) is 15.5 Å². The number of nitrogens with zero attached hydrogens (tertiary/aromatic N) is 2. The van der Waals surface area contributed by atoms with E-state index in [2.05, 4.69) is 34.4 Å². The molecule has 1 aliphatic carbocycles. The Morgan fingerprint density at radius 2 is 2.05 bits per heavy atom. The van der Waals surface area contributed by atoms with Gasteiger partial charge in [0.05, 0.1) is 18.2 Å². The van der Waals surface area contributed by atoms with Gasteiger partial charge in [-0.2, -0.15) is 0 Å². The molecule has 0 amide bonds. The van der Waals surface area contributed by atoms with Crippen LogP contribution in [0.25, 0.3) is 0 Å². The predicted molar refractivity (Wildman–Crippen MR) is 101 cm³/mol. The Balaban J connectivity index is 0.00000176.